The van der Waals surface area contributed by atoms with Crippen molar-refractivity contribution in [3.8, 4) is 10.4 Å². The first-order valence-electron chi connectivity index (χ1n) is 10.5. The van der Waals surface area contributed by atoms with E-state index in [0.717, 1.165) is 27.3 Å². The summed E-state index contributed by atoms with van der Waals surface area (Å²) in [6.07, 6.45) is 1.88. The third-order valence-corrected chi connectivity index (χ3v) is 7.00. The number of aromatic carboxylic acids is 1. The van der Waals surface area contributed by atoms with Crippen molar-refractivity contribution in [3.63, 3.8) is 0 Å². The molecular weight excluding hydrogens is 475 g/mol. The minimum Gasteiger partial charge on any atom is -0.477 e. The summed E-state index contributed by atoms with van der Waals surface area (Å²) in [4.78, 5) is 28.3. The van der Waals surface area contributed by atoms with Crippen molar-refractivity contribution < 1.29 is 14.3 Å². The van der Waals surface area contributed by atoms with Crippen molar-refractivity contribution in [1.82, 2.24) is 4.98 Å². The molecule has 0 aliphatic rings. The quantitative estimate of drug-likeness (QED) is 0.255. The van der Waals surface area contributed by atoms with E-state index in [0.29, 0.717) is 5.56 Å². The minimum atomic E-state index is -0.968. The van der Waals surface area contributed by atoms with Crippen LogP contribution in [0.25, 0.3) is 10.4 Å². The summed E-state index contributed by atoms with van der Waals surface area (Å²) in [5, 5.41) is 12.8. The van der Waals surface area contributed by atoms with Gasteiger partial charge in [-0.05, 0) is 72.0 Å². The highest BCUT2D eigenvalue weighted by atomic mass is 35.5. The first-order chi connectivity index (χ1) is 16.4. The molecule has 0 spiro atoms. The second-order valence-corrected chi connectivity index (χ2v) is 9.42. The molecule has 2 heterocycles. The Morgan fingerprint density at radius 1 is 1.09 bits per heavy atom. The summed E-state index contributed by atoms with van der Waals surface area (Å²) >= 11 is 7.16. The number of benzene rings is 2. The van der Waals surface area contributed by atoms with Gasteiger partial charge in [0.05, 0.1) is 0 Å². The van der Waals surface area contributed by atoms with E-state index in [2.05, 4.69) is 10.2 Å². The van der Waals surface area contributed by atoms with E-state index in [1.807, 2.05) is 31.2 Å². The lowest BCUT2D eigenvalue weighted by molar-refractivity contribution is 0.0702. The molecule has 0 saturated carbocycles. The molecule has 2 atom stereocenters. The van der Waals surface area contributed by atoms with E-state index in [1.54, 1.807) is 42.6 Å². The standard InChI is InChI=1S/C26H20ClFN2O3S/c1-15-12-18(10-11-29-15)23(30-33)14-21(20-7-6-19(27)13-22(20)28)16-2-4-17(5-3-16)24-8-9-25(34-24)26(31)32/h2-13,21,23H,14H2,1H3,(H,31,32). The van der Waals surface area contributed by atoms with E-state index in [4.69, 9.17) is 11.6 Å². The number of aromatic nitrogens is 1. The molecule has 0 radical (unpaired) electrons. The normalized spacial score (nSPS) is 12.8. The van der Waals surface area contributed by atoms with Crippen molar-refractivity contribution in [1.29, 1.82) is 0 Å². The highest BCUT2D eigenvalue weighted by Crippen LogP contribution is 2.38. The molecule has 172 valence electrons. The first kappa shape index (κ1) is 23.7. The van der Waals surface area contributed by atoms with Gasteiger partial charge in [-0.25, -0.2) is 9.18 Å². The van der Waals surface area contributed by atoms with Gasteiger partial charge in [-0.1, -0.05) is 47.1 Å². The Bertz CT molecular complexity index is 1340. The molecule has 0 fully saturated rings. The molecule has 5 nitrogen and oxygen atoms in total. The van der Waals surface area contributed by atoms with Crippen molar-refractivity contribution in [3.05, 3.63) is 116 Å². The Balaban J connectivity index is 1.71. The number of thiophene rings is 1. The Morgan fingerprint density at radius 2 is 1.85 bits per heavy atom. The number of aryl methyl sites for hydroxylation is 1. The van der Waals surface area contributed by atoms with Gasteiger partial charge in [0.1, 0.15) is 16.7 Å². The Hall–Kier alpha value is -3.42. The van der Waals surface area contributed by atoms with Gasteiger partial charge in [-0.3, -0.25) is 4.98 Å². The monoisotopic (exact) mass is 494 g/mol. The van der Waals surface area contributed by atoms with Crippen molar-refractivity contribution in [2.75, 3.05) is 0 Å². The summed E-state index contributed by atoms with van der Waals surface area (Å²) < 4.78 is 15.0. The molecular formula is C26H20ClFN2O3S. The fraction of sp³-hybridized carbons (Fsp3) is 0.154. The Kier molecular flexibility index (Phi) is 7.14. The van der Waals surface area contributed by atoms with Gasteiger partial charge in [-0.2, -0.15) is 4.91 Å². The number of pyridine rings is 1. The molecule has 4 aromatic rings. The average molecular weight is 495 g/mol. The molecule has 2 aromatic heterocycles. The molecule has 0 amide bonds. The first-order valence-corrected chi connectivity index (χ1v) is 11.7. The van der Waals surface area contributed by atoms with Crippen LogP contribution in [0.2, 0.25) is 5.02 Å². The predicted molar refractivity (Wildman–Crippen MR) is 132 cm³/mol. The highest BCUT2D eigenvalue weighted by Gasteiger charge is 2.25. The largest absolute Gasteiger partial charge is 0.477 e. The van der Waals surface area contributed by atoms with Crippen molar-refractivity contribution in [2.24, 2.45) is 5.18 Å². The number of carbonyl (C=O) groups is 1. The van der Waals surface area contributed by atoms with Crippen LogP contribution in [0.4, 0.5) is 4.39 Å². The van der Waals surface area contributed by atoms with Crippen LogP contribution in [0.5, 0.6) is 0 Å². The summed E-state index contributed by atoms with van der Waals surface area (Å²) in [5.41, 5.74) is 3.56. The zero-order valence-corrected chi connectivity index (χ0v) is 19.7. The maximum Gasteiger partial charge on any atom is 0.345 e. The molecule has 4 rings (SSSR count). The molecule has 2 aromatic carbocycles. The number of rotatable bonds is 8. The lowest BCUT2D eigenvalue weighted by atomic mass is 9.84. The van der Waals surface area contributed by atoms with Gasteiger partial charge in [0.2, 0.25) is 0 Å². The molecule has 0 bridgehead atoms. The molecule has 0 aliphatic carbocycles. The lowest BCUT2D eigenvalue weighted by Gasteiger charge is -2.22. The SMILES string of the molecule is Cc1cc(C(CC(c2ccc(-c3ccc(C(=O)O)s3)cc2)c2ccc(Cl)cc2F)N=O)ccn1. The van der Waals surface area contributed by atoms with Gasteiger partial charge in [0.15, 0.2) is 0 Å². The van der Waals surface area contributed by atoms with Gasteiger partial charge in [-0.15, -0.1) is 11.3 Å². The van der Waals surface area contributed by atoms with E-state index < -0.39 is 23.7 Å². The topological polar surface area (TPSA) is 79.6 Å². The molecule has 1 N–H and O–H groups in total. The Labute approximate surface area is 204 Å². The second kappa shape index (κ2) is 10.2. The van der Waals surface area contributed by atoms with Gasteiger partial charge in [0, 0.05) is 27.7 Å². The maximum atomic E-state index is 15.0. The van der Waals surface area contributed by atoms with E-state index >= 15 is 0 Å². The zero-order chi connectivity index (χ0) is 24.2. The van der Waals surface area contributed by atoms with Gasteiger partial charge in [0.25, 0.3) is 0 Å². The number of nitroso groups, excluding NO2 is 1. The fourth-order valence-electron chi connectivity index (χ4n) is 3.95. The van der Waals surface area contributed by atoms with Crippen LogP contribution in [0.1, 0.15) is 50.4 Å². The van der Waals surface area contributed by atoms with Crippen molar-refractivity contribution >= 4 is 28.9 Å². The fourth-order valence-corrected chi connectivity index (χ4v) is 4.96. The highest BCUT2D eigenvalue weighted by molar-refractivity contribution is 7.17. The van der Waals surface area contributed by atoms with E-state index in [-0.39, 0.29) is 16.3 Å². The number of halogens is 2. The van der Waals surface area contributed by atoms with Crippen LogP contribution in [-0.4, -0.2) is 16.1 Å². The second-order valence-electron chi connectivity index (χ2n) is 7.90. The third kappa shape index (κ3) is 5.21. The van der Waals surface area contributed by atoms with Gasteiger partial charge >= 0.3 is 5.97 Å². The van der Waals surface area contributed by atoms with Crippen LogP contribution < -0.4 is 0 Å². The molecule has 34 heavy (non-hydrogen) atoms. The van der Waals surface area contributed by atoms with Crippen LogP contribution in [0, 0.1) is 17.6 Å². The van der Waals surface area contributed by atoms with Crippen molar-refractivity contribution in [2.45, 2.75) is 25.3 Å². The molecule has 0 aliphatic heterocycles. The van der Waals surface area contributed by atoms with E-state index in [9.17, 15) is 19.2 Å². The van der Waals surface area contributed by atoms with Gasteiger partial charge < -0.3 is 5.11 Å². The predicted octanol–water partition coefficient (Wildman–Crippen LogP) is 7.64. The number of hydrogen-bond donors (Lipinski definition) is 1. The average Bonchev–Trinajstić information content (AvgIpc) is 3.32. The number of carboxylic acids is 1. The third-order valence-electron chi connectivity index (χ3n) is 5.64. The maximum absolute atomic E-state index is 15.0. The van der Waals surface area contributed by atoms with Crippen LogP contribution in [0.3, 0.4) is 0 Å². The van der Waals surface area contributed by atoms with Crippen LogP contribution in [-0.2, 0) is 0 Å². The smallest absolute Gasteiger partial charge is 0.345 e. The number of hydrogen-bond acceptors (Lipinski definition) is 5. The molecule has 8 heteroatoms. The summed E-state index contributed by atoms with van der Waals surface area (Å²) in [6.45, 7) is 1.83. The van der Waals surface area contributed by atoms with Crippen LogP contribution >= 0.6 is 22.9 Å². The number of nitrogens with zero attached hydrogens (tertiary/aromatic N) is 2. The summed E-state index contributed by atoms with van der Waals surface area (Å²) in [6, 6.07) is 18.2. The van der Waals surface area contributed by atoms with E-state index in [1.165, 1.54) is 17.4 Å². The molecule has 0 saturated heterocycles. The zero-order valence-electron chi connectivity index (χ0n) is 18.1. The summed E-state index contributed by atoms with van der Waals surface area (Å²) in [5.74, 6) is -1.88. The van der Waals surface area contributed by atoms with Crippen LogP contribution in [0.15, 0.2) is 78.1 Å². The lowest BCUT2D eigenvalue weighted by Crippen LogP contribution is -2.09. The molecule has 2 unspecified atom stereocenters. The minimum absolute atomic E-state index is 0.257. The summed E-state index contributed by atoms with van der Waals surface area (Å²) in [7, 11) is 0. The number of carboxylic acid groups (broad SMARTS) is 1. The Morgan fingerprint density at radius 3 is 2.47 bits per heavy atom.